The summed E-state index contributed by atoms with van der Waals surface area (Å²) in [5.74, 6) is -0.439. The minimum atomic E-state index is -0.439. The first-order valence-corrected chi connectivity index (χ1v) is 7.28. The van der Waals surface area contributed by atoms with Gasteiger partial charge < -0.3 is 5.32 Å². The largest absolute Gasteiger partial charge is 0.348 e. The quantitative estimate of drug-likeness (QED) is 0.504. The van der Waals surface area contributed by atoms with Crippen LogP contribution in [0.2, 0.25) is 5.02 Å². The van der Waals surface area contributed by atoms with Crippen LogP contribution in [-0.2, 0) is 11.3 Å². The van der Waals surface area contributed by atoms with Crippen molar-refractivity contribution in [1.82, 2.24) is 15.1 Å². The molecule has 1 N–H and O–H groups in total. The molecule has 23 heavy (non-hydrogen) atoms. The van der Waals surface area contributed by atoms with Crippen LogP contribution in [0.4, 0.5) is 0 Å². The summed E-state index contributed by atoms with van der Waals surface area (Å²) in [6, 6.07) is 9.39. The molecule has 116 valence electrons. The molecule has 0 atom stereocenters. The van der Waals surface area contributed by atoms with E-state index in [1.807, 2.05) is 30.3 Å². The minimum absolute atomic E-state index is 0.0177. The van der Waals surface area contributed by atoms with Gasteiger partial charge in [-0.3, -0.25) is 9.48 Å². The number of rotatable bonds is 6. The fraction of sp³-hybridized carbons (Fsp3) is 0.118. The monoisotopic (exact) mass is 326 g/mol. The van der Waals surface area contributed by atoms with Gasteiger partial charge in [-0.25, -0.2) is 0 Å². The highest BCUT2D eigenvalue weighted by molar-refractivity contribution is 6.31. The highest BCUT2D eigenvalue weighted by atomic mass is 35.5. The summed E-state index contributed by atoms with van der Waals surface area (Å²) in [6.45, 7) is 4.33. The average Bonchev–Trinajstić information content (AvgIpc) is 2.99. The number of carbonyl (C=O) groups excluding carboxylic acids is 1. The topological polar surface area (TPSA) is 70.7 Å². The molecule has 0 aliphatic carbocycles. The summed E-state index contributed by atoms with van der Waals surface area (Å²) in [6.07, 6.45) is 6.39. The lowest BCUT2D eigenvalue weighted by atomic mass is 10.2. The Bertz CT molecular complexity index is 786. The third-order valence-corrected chi connectivity index (χ3v) is 3.40. The Kier molecular flexibility index (Phi) is 5.73. The number of amides is 1. The molecule has 0 fully saturated rings. The van der Waals surface area contributed by atoms with Gasteiger partial charge in [0.05, 0.1) is 12.7 Å². The first-order chi connectivity index (χ1) is 11.1. The van der Waals surface area contributed by atoms with E-state index in [-0.39, 0.29) is 5.57 Å². The molecule has 2 rings (SSSR count). The average molecular weight is 327 g/mol. The highest BCUT2D eigenvalue weighted by Crippen LogP contribution is 2.16. The first kappa shape index (κ1) is 16.5. The van der Waals surface area contributed by atoms with Crippen LogP contribution in [0.1, 0.15) is 11.1 Å². The van der Waals surface area contributed by atoms with Gasteiger partial charge in [0.1, 0.15) is 11.6 Å². The highest BCUT2D eigenvalue weighted by Gasteiger charge is 2.08. The number of nitrogens with zero attached hydrogens (tertiary/aromatic N) is 3. The van der Waals surface area contributed by atoms with Crippen molar-refractivity contribution in [3.05, 3.63) is 71.0 Å². The Morgan fingerprint density at radius 2 is 2.26 bits per heavy atom. The molecule has 6 heteroatoms. The van der Waals surface area contributed by atoms with Gasteiger partial charge >= 0.3 is 0 Å². The van der Waals surface area contributed by atoms with Gasteiger partial charge in [0.2, 0.25) is 0 Å². The third-order valence-electron chi connectivity index (χ3n) is 3.03. The fourth-order valence-corrected chi connectivity index (χ4v) is 2.11. The number of nitrogens with one attached hydrogen (secondary N) is 1. The Balaban J connectivity index is 2.13. The molecule has 1 aromatic carbocycles. The zero-order valence-electron chi connectivity index (χ0n) is 12.4. The smallest absolute Gasteiger partial charge is 0.262 e. The van der Waals surface area contributed by atoms with E-state index in [1.165, 1.54) is 6.08 Å². The maximum atomic E-state index is 11.8. The van der Waals surface area contributed by atoms with E-state index < -0.39 is 5.91 Å². The lowest BCUT2D eigenvalue weighted by Crippen LogP contribution is -2.24. The number of benzene rings is 1. The normalized spacial score (nSPS) is 10.9. The van der Waals surface area contributed by atoms with E-state index in [0.717, 1.165) is 5.56 Å². The number of hydrogen-bond acceptors (Lipinski definition) is 3. The van der Waals surface area contributed by atoms with Gasteiger partial charge in [-0.05, 0) is 17.7 Å². The van der Waals surface area contributed by atoms with Crippen LogP contribution in [0.25, 0.3) is 6.08 Å². The van der Waals surface area contributed by atoms with Crippen molar-refractivity contribution in [3.8, 4) is 6.07 Å². The van der Waals surface area contributed by atoms with Crippen LogP contribution in [0.3, 0.4) is 0 Å². The molecule has 0 spiro atoms. The van der Waals surface area contributed by atoms with Crippen molar-refractivity contribution in [3.63, 3.8) is 0 Å². The maximum absolute atomic E-state index is 11.8. The van der Waals surface area contributed by atoms with Gasteiger partial charge in [0.15, 0.2) is 0 Å². The first-order valence-electron chi connectivity index (χ1n) is 6.90. The van der Waals surface area contributed by atoms with Crippen LogP contribution in [0, 0.1) is 11.3 Å². The van der Waals surface area contributed by atoms with E-state index >= 15 is 0 Å². The van der Waals surface area contributed by atoms with Crippen molar-refractivity contribution < 1.29 is 4.79 Å². The van der Waals surface area contributed by atoms with Crippen molar-refractivity contribution in [1.29, 1.82) is 5.26 Å². The number of hydrogen-bond donors (Lipinski definition) is 1. The summed E-state index contributed by atoms with van der Waals surface area (Å²) < 4.78 is 1.70. The summed E-state index contributed by atoms with van der Waals surface area (Å²) >= 11 is 6.12. The van der Waals surface area contributed by atoms with E-state index in [4.69, 9.17) is 16.9 Å². The zero-order valence-corrected chi connectivity index (χ0v) is 13.1. The predicted molar refractivity (Wildman–Crippen MR) is 89.6 cm³/mol. The Hall–Kier alpha value is -2.84. The third kappa shape index (κ3) is 4.56. The second kappa shape index (κ2) is 7.97. The molecular weight excluding hydrogens is 312 g/mol. The van der Waals surface area contributed by atoms with Crippen LogP contribution >= 0.6 is 11.6 Å². The molecule has 0 unspecified atom stereocenters. The minimum Gasteiger partial charge on any atom is -0.348 e. The summed E-state index contributed by atoms with van der Waals surface area (Å²) in [7, 11) is 0. The molecule has 0 saturated carbocycles. The fourth-order valence-electron chi connectivity index (χ4n) is 1.92. The van der Waals surface area contributed by atoms with Crippen LogP contribution in [0.5, 0.6) is 0 Å². The van der Waals surface area contributed by atoms with Crippen molar-refractivity contribution in [2.24, 2.45) is 0 Å². The number of nitriles is 1. The molecule has 2 aromatic rings. The SMILES string of the molecule is C=CCNC(=O)/C(C#N)=C/c1cnn(Cc2ccccc2Cl)c1. The molecule has 1 heterocycles. The molecule has 0 aliphatic rings. The van der Waals surface area contributed by atoms with Gasteiger partial charge in [-0.2, -0.15) is 10.4 Å². The number of halogens is 1. The molecule has 1 aromatic heterocycles. The van der Waals surface area contributed by atoms with Crippen molar-refractivity contribution in [2.75, 3.05) is 6.54 Å². The lowest BCUT2D eigenvalue weighted by Gasteiger charge is -2.03. The Morgan fingerprint density at radius 1 is 1.48 bits per heavy atom. The Morgan fingerprint density at radius 3 is 2.96 bits per heavy atom. The molecule has 5 nitrogen and oxygen atoms in total. The van der Waals surface area contributed by atoms with Crippen molar-refractivity contribution >= 4 is 23.6 Å². The van der Waals surface area contributed by atoms with Crippen LogP contribution in [-0.4, -0.2) is 22.2 Å². The molecular formula is C17H15ClN4O. The number of carbonyl (C=O) groups is 1. The van der Waals surface area contributed by atoms with Gasteiger partial charge in [-0.15, -0.1) is 6.58 Å². The predicted octanol–water partition coefficient (Wildman–Crippen LogP) is 2.79. The van der Waals surface area contributed by atoms with Gasteiger partial charge in [0.25, 0.3) is 5.91 Å². The molecule has 0 saturated heterocycles. The second-order valence-corrected chi connectivity index (χ2v) is 5.14. The molecule has 1 amide bonds. The van der Waals surface area contributed by atoms with Crippen LogP contribution in [0.15, 0.2) is 54.9 Å². The summed E-state index contributed by atoms with van der Waals surface area (Å²) in [5, 5.41) is 16.5. The standard InChI is InChI=1S/C17H15ClN4O/c1-2-7-20-17(23)15(9-19)8-13-10-21-22(11-13)12-14-5-3-4-6-16(14)18/h2-6,8,10-11H,1,7,12H2,(H,20,23)/b15-8+. The lowest BCUT2D eigenvalue weighted by molar-refractivity contribution is -0.116. The van der Waals surface area contributed by atoms with Crippen molar-refractivity contribution in [2.45, 2.75) is 6.54 Å². The molecule has 0 aliphatic heterocycles. The molecule has 0 bridgehead atoms. The number of aromatic nitrogens is 2. The summed E-state index contributed by atoms with van der Waals surface area (Å²) in [5.41, 5.74) is 1.63. The zero-order chi connectivity index (χ0) is 16.7. The second-order valence-electron chi connectivity index (χ2n) is 4.73. The molecule has 0 radical (unpaired) electrons. The van der Waals surface area contributed by atoms with E-state index in [2.05, 4.69) is 17.0 Å². The summed E-state index contributed by atoms with van der Waals surface area (Å²) in [4.78, 5) is 11.8. The van der Waals surface area contributed by atoms with E-state index in [0.29, 0.717) is 23.7 Å². The van der Waals surface area contributed by atoms with Gasteiger partial charge in [0, 0.05) is 23.3 Å². The van der Waals surface area contributed by atoms with E-state index in [1.54, 1.807) is 23.2 Å². The Labute approximate surface area is 139 Å². The van der Waals surface area contributed by atoms with Gasteiger partial charge in [-0.1, -0.05) is 35.9 Å². The van der Waals surface area contributed by atoms with Crippen LogP contribution < -0.4 is 5.32 Å². The maximum Gasteiger partial charge on any atom is 0.262 e. The van der Waals surface area contributed by atoms with E-state index in [9.17, 15) is 4.79 Å².